The molecule has 1 aromatic heterocycles. The maximum Gasteiger partial charge on any atom is 0.323 e. The molecule has 0 unspecified atom stereocenters. The number of benzene rings is 2. The van der Waals surface area contributed by atoms with E-state index in [9.17, 15) is 4.79 Å². The lowest BCUT2D eigenvalue weighted by Gasteiger charge is -2.34. The van der Waals surface area contributed by atoms with E-state index in [2.05, 4.69) is 49.8 Å². The highest BCUT2D eigenvalue weighted by atomic mass is 16.5. The zero-order valence-corrected chi connectivity index (χ0v) is 20.5. The van der Waals surface area contributed by atoms with E-state index >= 15 is 0 Å². The number of rotatable bonds is 7. The summed E-state index contributed by atoms with van der Waals surface area (Å²) in [6.07, 6.45) is 1.68. The Morgan fingerprint density at radius 1 is 0.972 bits per heavy atom. The van der Waals surface area contributed by atoms with Gasteiger partial charge in [0.15, 0.2) is 11.6 Å². The molecule has 0 saturated carbocycles. The molecule has 9 heteroatoms. The van der Waals surface area contributed by atoms with Gasteiger partial charge in [0.25, 0.3) is 0 Å². The van der Waals surface area contributed by atoms with Crippen LogP contribution in [-0.4, -0.2) is 66.7 Å². The van der Waals surface area contributed by atoms with Crippen molar-refractivity contribution in [1.29, 1.82) is 0 Å². The van der Waals surface area contributed by atoms with Crippen LogP contribution < -0.4 is 25.4 Å². The first-order chi connectivity index (χ1) is 17.7. The predicted octanol–water partition coefficient (Wildman–Crippen LogP) is 4.46. The van der Waals surface area contributed by atoms with Gasteiger partial charge in [-0.15, -0.1) is 0 Å². The number of hydrogen-bond acceptors (Lipinski definition) is 7. The molecule has 2 aromatic carbocycles. The summed E-state index contributed by atoms with van der Waals surface area (Å²) in [5.41, 5.74) is 2.67. The number of aromatic nitrogens is 1. The Morgan fingerprint density at radius 3 is 2.33 bits per heavy atom. The van der Waals surface area contributed by atoms with E-state index in [0.717, 1.165) is 45.0 Å². The zero-order chi connectivity index (χ0) is 24.7. The summed E-state index contributed by atoms with van der Waals surface area (Å²) < 4.78 is 11.7. The second-order valence-corrected chi connectivity index (χ2v) is 8.87. The van der Waals surface area contributed by atoms with E-state index in [1.165, 1.54) is 5.56 Å². The average molecular weight is 489 g/mol. The number of nitrogens with zero attached hydrogens (tertiary/aromatic N) is 3. The second kappa shape index (κ2) is 11.3. The number of ether oxygens (including phenoxy) is 2. The van der Waals surface area contributed by atoms with Gasteiger partial charge in [-0.25, -0.2) is 9.78 Å². The Labute approximate surface area is 211 Å². The van der Waals surface area contributed by atoms with Crippen molar-refractivity contribution in [2.75, 3.05) is 61.8 Å². The molecule has 3 N–H and O–H groups in total. The van der Waals surface area contributed by atoms with Crippen LogP contribution in [0.15, 0.2) is 60.8 Å². The van der Waals surface area contributed by atoms with Crippen molar-refractivity contribution in [2.45, 2.75) is 13.5 Å². The van der Waals surface area contributed by atoms with E-state index in [0.29, 0.717) is 41.9 Å². The second-order valence-electron chi connectivity index (χ2n) is 8.87. The Balaban J connectivity index is 1.11. The molecule has 2 aliphatic rings. The summed E-state index contributed by atoms with van der Waals surface area (Å²) in [4.78, 5) is 21.7. The highest BCUT2D eigenvalue weighted by Gasteiger charge is 2.17. The first-order valence-electron chi connectivity index (χ1n) is 12.4. The highest BCUT2D eigenvalue weighted by molar-refractivity contribution is 5.99. The van der Waals surface area contributed by atoms with Crippen LogP contribution >= 0.6 is 0 Å². The molecule has 3 heterocycles. The zero-order valence-electron chi connectivity index (χ0n) is 20.5. The molecular weight excluding hydrogens is 456 g/mol. The molecule has 5 rings (SSSR count). The van der Waals surface area contributed by atoms with E-state index in [4.69, 9.17) is 9.47 Å². The molecule has 188 valence electrons. The standard InChI is InChI=1S/C27H32N6O3/c1-2-32-14-16-33(17-15-32)19-20-3-5-21(6-4-20)30-27(34)31-22-7-9-23(10-8-22)36-24-11-12-28-26-25(24)35-18-13-29-26/h3-12H,2,13-19H2,1H3,(H,28,29)(H2,30,31,34). The molecule has 1 fully saturated rings. The largest absolute Gasteiger partial charge is 0.485 e. The van der Waals surface area contributed by atoms with Crippen LogP contribution in [0, 0.1) is 0 Å². The van der Waals surface area contributed by atoms with Crippen molar-refractivity contribution in [3.8, 4) is 17.2 Å². The molecule has 0 radical (unpaired) electrons. The fraction of sp³-hybridized carbons (Fsp3) is 0.333. The van der Waals surface area contributed by atoms with Crippen molar-refractivity contribution in [3.05, 3.63) is 66.4 Å². The van der Waals surface area contributed by atoms with Gasteiger partial charge in [0.2, 0.25) is 5.75 Å². The number of amides is 2. The van der Waals surface area contributed by atoms with Crippen LogP contribution in [0.1, 0.15) is 12.5 Å². The third-order valence-corrected chi connectivity index (χ3v) is 6.38. The first kappa shape index (κ1) is 23.9. The van der Waals surface area contributed by atoms with Gasteiger partial charge in [-0.3, -0.25) is 4.90 Å². The van der Waals surface area contributed by atoms with Crippen molar-refractivity contribution < 1.29 is 14.3 Å². The number of likely N-dealkylation sites (N-methyl/N-ethyl adjacent to an activating group) is 1. The Hall–Kier alpha value is -3.82. The molecule has 0 bridgehead atoms. The van der Waals surface area contributed by atoms with Gasteiger partial charge in [-0.1, -0.05) is 19.1 Å². The maximum absolute atomic E-state index is 12.5. The topological polar surface area (TPSA) is 91.0 Å². The molecule has 9 nitrogen and oxygen atoms in total. The first-order valence-corrected chi connectivity index (χ1v) is 12.4. The van der Waals surface area contributed by atoms with Gasteiger partial charge in [0.05, 0.1) is 6.54 Å². The molecular formula is C27H32N6O3. The predicted molar refractivity (Wildman–Crippen MR) is 141 cm³/mol. The molecule has 3 aromatic rings. The van der Waals surface area contributed by atoms with Crippen LogP contribution in [0.5, 0.6) is 17.2 Å². The van der Waals surface area contributed by atoms with E-state index in [1.54, 1.807) is 36.5 Å². The Morgan fingerprint density at radius 2 is 1.64 bits per heavy atom. The van der Waals surface area contributed by atoms with Crippen molar-refractivity contribution >= 4 is 23.2 Å². The quantitative estimate of drug-likeness (QED) is 0.452. The number of nitrogens with one attached hydrogen (secondary N) is 3. The number of pyridine rings is 1. The van der Waals surface area contributed by atoms with Gasteiger partial charge in [0, 0.05) is 56.4 Å². The molecule has 0 spiro atoms. The van der Waals surface area contributed by atoms with Crippen molar-refractivity contribution in [2.24, 2.45) is 0 Å². The third-order valence-electron chi connectivity index (χ3n) is 6.38. The van der Waals surface area contributed by atoms with Crippen molar-refractivity contribution in [3.63, 3.8) is 0 Å². The third kappa shape index (κ3) is 6.05. The number of hydrogen-bond donors (Lipinski definition) is 3. The average Bonchev–Trinajstić information content (AvgIpc) is 2.91. The van der Waals surface area contributed by atoms with Crippen LogP contribution in [0.3, 0.4) is 0 Å². The van der Waals surface area contributed by atoms with E-state index < -0.39 is 0 Å². The minimum atomic E-state index is -0.296. The number of carbonyl (C=O) groups is 1. The number of piperazine rings is 1. The molecule has 36 heavy (non-hydrogen) atoms. The van der Waals surface area contributed by atoms with Gasteiger partial charge in [-0.05, 0) is 48.5 Å². The summed E-state index contributed by atoms with van der Waals surface area (Å²) >= 11 is 0. The Kier molecular flexibility index (Phi) is 7.49. The number of fused-ring (bicyclic) bond motifs is 1. The van der Waals surface area contributed by atoms with Crippen LogP contribution in [0.4, 0.5) is 22.0 Å². The highest BCUT2D eigenvalue weighted by Crippen LogP contribution is 2.38. The molecule has 0 aliphatic carbocycles. The van der Waals surface area contributed by atoms with E-state index in [1.807, 2.05) is 12.1 Å². The maximum atomic E-state index is 12.5. The summed E-state index contributed by atoms with van der Waals surface area (Å²) in [6, 6.07) is 16.7. The number of carbonyl (C=O) groups excluding carboxylic acids is 1. The van der Waals surface area contributed by atoms with Crippen LogP contribution in [0.25, 0.3) is 0 Å². The van der Waals surface area contributed by atoms with Gasteiger partial charge >= 0.3 is 6.03 Å². The molecule has 0 atom stereocenters. The normalized spacial score (nSPS) is 15.8. The lowest BCUT2D eigenvalue weighted by Crippen LogP contribution is -2.45. The van der Waals surface area contributed by atoms with Gasteiger partial charge < -0.3 is 30.3 Å². The van der Waals surface area contributed by atoms with Crippen LogP contribution in [-0.2, 0) is 6.54 Å². The molecule has 2 aliphatic heterocycles. The number of urea groups is 1. The number of anilines is 3. The minimum Gasteiger partial charge on any atom is -0.485 e. The SMILES string of the molecule is CCN1CCN(Cc2ccc(NC(=O)Nc3ccc(Oc4ccnc5c4OCCN5)cc3)cc2)CC1. The summed E-state index contributed by atoms with van der Waals surface area (Å²) in [5.74, 6) is 2.51. The Bertz CT molecular complexity index is 1160. The minimum absolute atomic E-state index is 0.296. The summed E-state index contributed by atoms with van der Waals surface area (Å²) in [6.45, 7) is 9.98. The van der Waals surface area contributed by atoms with Crippen LogP contribution in [0.2, 0.25) is 0 Å². The van der Waals surface area contributed by atoms with Crippen molar-refractivity contribution in [1.82, 2.24) is 14.8 Å². The lowest BCUT2D eigenvalue weighted by atomic mass is 10.2. The van der Waals surface area contributed by atoms with E-state index in [-0.39, 0.29) is 6.03 Å². The fourth-order valence-corrected chi connectivity index (χ4v) is 4.34. The smallest absolute Gasteiger partial charge is 0.323 e. The molecule has 2 amide bonds. The van der Waals surface area contributed by atoms with Gasteiger partial charge in [0.1, 0.15) is 12.4 Å². The monoisotopic (exact) mass is 488 g/mol. The molecule has 1 saturated heterocycles. The summed E-state index contributed by atoms with van der Waals surface area (Å²) in [7, 11) is 0. The lowest BCUT2D eigenvalue weighted by molar-refractivity contribution is 0.132. The summed E-state index contributed by atoms with van der Waals surface area (Å²) in [5, 5.41) is 8.94. The fourth-order valence-electron chi connectivity index (χ4n) is 4.34. The van der Waals surface area contributed by atoms with Gasteiger partial charge in [-0.2, -0.15) is 0 Å².